The van der Waals surface area contributed by atoms with Gasteiger partial charge in [-0.25, -0.2) is 0 Å². The van der Waals surface area contributed by atoms with Gasteiger partial charge in [0.1, 0.15) is 5.75 Å². The van der Waals surface area contributed by atoms with Crippen LogP contribution in [-0.4, -0.2) is 21.4 Å². The molecule has 1 aromatic carbocycles. The molecular formula is C15H25NO2. The third-order valence-electron chi connectivity index (χ3n) is 3.81. The molecule has 102 valence electrons. The summed E-state index contributed by atoms with van der Waals surface area (Å²) in [5, 5.41) is 23.2. The van der Waals surface area contributed by atoms with Crippen molar-refractivity contribution in [3.8, 4) is 5.75 Å². The highest BCUT2D eigenvalue weighted by Crippen LogP contribution is 2.24. The van der Waals surface area contributed by atoms with E-state index in [-0.39, 0.29) is 5.54 Å². The van der Waals surface area contributed by atoms with Crippen LogP contribution >= 0.6 is 0 Å². The summed E-state index contributed by atoms with van der Waals surface area (Å²) in [6.45, 7) is 12.0. The molecule has 0 aliphatic carbocycles. The summed E-state index contributed by atoms with van der Waals surface area (Å²) in [4.78, 5) is 0. The van der Waals surface area contributed by atoms with Gasteiger partial charge in [-0.05, 0) is 58.2 Å². The van der Waals surface area contributed by atoms with Gasteiger partial charge in [0.25, 0.3) is 0 Å². The highest BCUT2D eigenvalue weighted by atomic mass is 16.3. The minimum atomic E-state index is -0.798. The summed E-state index contributed by atoms with van der Waals surface area (Å²) in [7, 11) is 0. The maximum Gasteiger partial charge on any atom is 0.121 e. The fraction of sp³-hybridized carbons (Fsp3) is 0.600. The monoisotopic (exact) mass is 251 g/mol. The average Bonchev–Trinajstić information content (AvgIpc) is 2.21. The van der Waals surface area contributed by atoms with E-state index in [1.807, 2.05) is 39.8 Å². The Kier molecular flexibility index (Phi) is 4.08. The number of nitrogens with one attached hydrogen (secondary N) is 1. The normalized spacial score (nSPS) is 12.8. The highest BCUT2D eigenvalue weighted by Gasteiger charge is 2.34. The van der Waals surface area contributed by atoms with Crippen LogP contribution in [0, 0.1) is 13.8 Å². The number of aromatic hydroxyl groups is 1. The van der Waals surface area contributed by atoms with E-state index in [1.165, 1.54) is 0 Å². The van der Waals surface area contributed by atoms with E-state index in [0.717, 1.165) is 16.7 Å². The Morgan fingerprint density at radius 2 is 1.50 bits per heavy atom. The van der Waals surface area contributed by atoms with Gasteiger partial charge in [0.15, 0.2) is 0 Å². The molecule has 0 amide bonds. The van der Waals surface area contributed by atoms with Gasteiger partial charge in [0.2, 0.25) is 0 Å². The van der Waals surface area contributed by atoms with E-state index >= 15 is 0 Å². The van der Waals surface area contributed by atoms with Crippen LogP contribution < -0.4 is 5.32 Å². The summed E-state index contributed by atoms with van der Waals surface area (Å²) in [5.41, 5.74) is 1.70. The SMILES string of the molecule is Cc1cc(CNC(C)(C)C(C)(C)O)cc(C)c1O. The predicted octanol–water partition coefficient (Wildman–Crippen LogP) is 2.65. The van der Waals surface area contributed by atoms with E-state index in [1.54, 1.807) is 13.8 Å². The molecule has 0 spiro atoms. The van der Waals surface area contributed by atoms with Crippen molar-refractivity contribution in [2.75, 3.05) is 0 Å². The Balaban J connectivity index is 2.82. The molecule has 0 aliphatic heterocycles. The van der Waals surface area contributed by atoms with Crippen LogP contribution in [0.5, 0.6) is 5.75 Å². The molecule has 0 atom stereocenters. The first-order chi connectivity index (χ1) is 8.04. The zero-order valence-electron chi connectivity index (χ0n) is 12.3. The number of phenolic OH excluding ortho intramolecular Hbond substituents is 1. The molecule has 0 aromatic heterocycles. The van der Waals surface area contributed by atoms with Crippen LogP contribution in [0.25, 0.3) is 0 Å². The Hall–Kier alpha value is -1.06. The van der Waals surface area contributed by atoms with Crippen LogP contribution in [0.4, 0.5) is 0 Å². The molecule has 0 saturated carbocycles. The van der Waals surface area contributed by atoms with Crippen molar-refractivity contribution in [1.29, 1.82) is 0 Å². The van der Waals surface area contributed by atoms with Gasteiger partial charge in [-0.2, -0.15) is 0 Å². The quantitative estimate of drug-likeness (QED) is 0.771. The van der Waals surface area contributed by atoms with E-state index in [0.29, 0.717) is 12.3 Å². The van der Waals surface area contributed by atoms with Crippen molar-refractivity contribution in [3.63, 3.8) is 0 Å². The van der Waals surface area contributed by atoms with Crippen molar-refractivity contribution in [2.45, 2.75) is 59.2 Å². The molecule has 3 nitrogen and oxygen atoms in total. The molecule has 1 aromatic rings. The molecule has 0 unspecified atom stereocenters. The standard InChI is InChI=1S/C15H25NO2/c1-10-7-12(8-11(2)13(10)17)9-16-14(3,4)15(5,6)18/h7-8,16-18H,9H2,1-6H3. The van der Waals surface area contributed by atoms with Crippen LogP contribution in [0.3, 0.4) is 0 Å². The lowest BCUT2D eigenvalue weighted by molar-refractivity contribution is -0.00532. The van der Waals surface area contributed by atoms with Crippen molar-refractivity contribution in [3.05, 3.63) is 28.8 Å². The molecule has 3 heteroatoms. The number of aliphatic hydroxyl groups is 1. The molecule has 0 radical (unpaired) electrons. The number of hydrogen-bond acceptors (Lipinski definition) is 3. The van der Waals surface area contributed by atoms with Crippen LogP contribution in [-0.2, 0) is 6.54 Å². The Morgan fingerprint density at radius 1 is 1.06 bits per heavy atom. The first kappa shape index (κ1) is 15.0. The molecular weight excluding hydrogens is 226 g/mol. The fourth-order valence-electron chi connectivity index (χ4n) is 1.69. The van der Waals surface area contributed by atoms with Crippen molar-refractivity contribution >= 4 is 0 Å². The molecule has 1 rings (SSSR count). The zero-order valence-corrected chi connectivity index (χ0v) is 12.3. The maximum absolute atomic E-state index is 10.1. The minimum Gasteiger partial charge on any atom is -0.507 e. The van der Waals surface area contributed by atoms with Gasteiger partial charge in [0, 0.05) is 12.1 Å². The smallest absolute Gasteiger partial charge is 0.121 e. The van der Waals surface area contributed by atoms with Gasteiger partial charge in [-0.1, -0.05) is 12.1 Å². The van der Waals surface area contributed by atoms with Crippen LogP contribution in [0.1, 0.15) is 44.4 Å². The van der Waals surface area contributed by atoms with Gasteiger partial charge in [-0.3, -0.25) is 0 Å². The second-order valence-corrected chi connectivity index (χ2v) is 6.12. The van der Waals surface area contributed by atoms with E-state index in [2.05, 4.69) is 5.32 Å². The second kappa shape index (κ2) is 4.90. The van der Waals surface area contributed by atoms with Crippen molar-refractivity contribution in [2.24, 2.45) is 0 Å². The van der Waals surface area contributed by atoms with Gasteiger partial charge in [-0.15, -0.1) is 0 Å². The van der Waals surface area contributed by atoms with Crippen LogP contribution in [0.2, 0.25) is 0 Å². The number of rotatable bonds is 4. The third kappa shape index (κ3) is 3.24. The molecule has 0 saturated heterocycles. The molecule has 3 N–H and O–H groups in total. The average molecular weight is 251 g/mol. The molecule has 0 fully saturated rings. The number of hydrogen-bond donors (Lipinski definition) is 3. The van der Waals surface area contributed by atoms with E-state index in [9.17, 15) is 10.2 Å². The number of benzene rings is 1. The Morgan fingerprint density at radius 3 is 1.89 bits per heavy atom. The lowest BCUT2D eigenvalue weighted by atomic mass is 9.86. The highest BCUT2D eigenvalue weighted by molar-refractivity contribution is 5.42. The van der Waals surface area contributed by atoms with Crippen molar-refractivity contribution in [1.82, 2.24) is 5.32 Å². The van der Waals surface area contributed by atoms with Crippen LogP contribution in [0.15, 0.2) is 12.1 Å². The van der Waals surface area contributed by atoms with Gasteiger partial charge >= 0.3 is 0 Å². The minimum absolute atomic E-state index is 0.362. The topological polar surface area (TPSA) is 52.5 Å². The number of aryl methyl sites for hydroxylation is 2. The fourth-order valence-corrected chi connectivity index (χ4v) is 1.69. The largest absolute Gasteiger partial charge is 0.507 e. The maximum atomic E-state index is 10.1. The predicted molar refractivity (Wildman–Crippen MR) is 74.8 cm³/mol. The van der Waals surface area contributed by atoms with Crippen molar-refractivity contribution < 1.29 is 10.2 Å². The summed E-state index contributed by atoms with van der Waals surface area (Å²) in [5.74, 6) is 0.362. The molecule has 0 heterocycles. The molecule has 18 heavy (non-hydrogen) atoms. The first-order valence-electron chi connectivity index (χ1n) is 6.31. The Bertz CT molecular complexity index is 408. The van der Waals surface area contributed by atoms with Gasteiger partial charge in [0.05, 0.1) is 5.60 Å². The zero-order chi connectivity index (χ0) is 14.1. The van der Waals surface area contributed by atoms with E-state index in [4.69, 9.17) is 0 Å². The van der Waals surface area contributed by atoms with Gasteiger partial charge < -0.3 is 15.5 Å². The second-order valence-electron chi connectivity index (χ2n) is 6.12. The molecule has 0 aliphatic rings. The molecule has 0 bridgehead atoms. The van der Waals surface area contributed by atoms with E-state index < -0.39 is 5.60 Å². The summed E-state index contributed by atoms with van der Waals surface area (Å²) >= 11 is 0. The summed E-state index contributed by atoms with van der Waals surface area (Å²) in [6.07, 6.45) is 0. The Labute approximate surface area is 110 Å². The lowest BCUT2D eigenvalue weighted by Crippen LogP contribution is -2.55. The lowest BCUT2D eigenvalue weighted by Gasteiger charge is -2.38. The third-order valence-corrected chi connectivity index (χ3v) is 3.81. The number of phenols is 1. The first-order valence-corrected chi connectivity index (χ1v) is 6.31. The summed E-state index contributed by atoms with van der Waals surface area (Å²) < 4.78 is 0. The summed E-state index contributed by atoms with van der Waals surface area (Å²) in [6, 6.07) is 3.94.